The molecule has 6 heteroatoms. The van der Waals surface area contributed by atoms with E-state index in [9.17, 15) is 18.7 Å². The molecule has 4 nitrogen and oxygen atoms in total. The number of rotatable bonds is 3. The Morgan fingerprint density at radius 1 is 1.18 bits per heavy atom. The van der Waals surface area contributed by atoms with E-state index >= 15 is 0 Å². The van der Waals surface area contributed by atoms with E-state index in [2.05, 4.69) is 12.2 Å². The summed E-state index contributed by atoms with van der Waals surface area (Å²) in [6.07, 6.45) is 2.32. The zero-order chi connectivity index (χ0) is 20.0. The van der Waals surface area contributed by atoms with Gasteiger partial charge in [-0.25, -0.2) is 8.78 Å². The molecule has 2 saturated heterocycles. The number of halogens is 2. The van der Waals surface area contributed by atoms with Gasteiger partial charge in [-0.05, 0) is 50.1 Å². The van der Waals surface area contributed by atoms with Gasteiger partial charge in [-0.3, -0.25) is 4.79 Å². The number of likely N-dealkylation sites (tertiary alicyclic amines) is 1. The van der Waals surface area contributed by atoms with Crippen molar-refractivity contribution in [1.29, 1.82) is 0 Å². The SMILES string of the molecule is CC1NCCC12CCN(C(=O)[C@](O)(c1ccccc1)[C@@H]1CCC(F)(F)C1)CC2. The maximum absolute atomic E-state index is 13.9. The monoisotopic (exact) mass is 392 g/mol. The quantitative estimate of drug-likeness (QED) is 0.830. The highest BCUT2D eigenvalue weighted by Gasteiger charge is 2.55. The van der Waals surface area contributed by atoms with Crippen molar-refractivity contribution in [3.63, 3.8) is 0 Å². The third-order valence-corrected chi connectivity index (χ3v) is 7.57. The summed E-state index contributed by atoms with van der Waals surface area (Å²) in [6.45, 7) is 4.35. The van der Waals surface area contributed by atoms with Crippen molar-refractivity contribution >= 4 is 5.91 Å². The number of nitrogens with zero attached hydrogens (tertiary/aromatic N) is 1. The van der Waals surface area contributed by atoms with Crippen molar-refractivity contribution in [2.75, 3.05) is 19.6 Å². The first-order valence-corrected chi connectivity index (χ1v) is 10.5. The minimum absolute atomic E-state index is 0.156. The molecule has 3 atom stereocenters. The first-order valence-electron chi connectivity index (χ1n) is 10.5. The van der Waals surface area contributed by atoms with Crippen LogP contribution < -0.4 is 5.32 Å². The van der Waals surface area contributed by atoms with Crippen molar-refractivity contribution in [3.8, 4) is 0 Å². The second kappa shape index (κ2) is 7.06. The summed E-state index contributed by atoms with van der Waals surface area (Å²) >= 11 is 0. The molecular formula is C22H30F2N2O2. The van der Waals surface area contributed by atoms with Crippen molar-refractivity contribution in [1.82, 2.24) is 10.2 Å². The molecule has 0 radical (unpaired) electrons. The van der Waals surface area contributed by atoms with Crippen LogP contribution in [0.5, 0.6) is 0 Å². The average molecular weight is 392 g/mol. The number of piperidine rings is 1. The molecule has 4 rings (SSSR count). The number of alkyl halides is 2. The molecule has 28 heavy (non-hydrogen) atoms. The van der Waals surface area contributed by atoms with Crippen molar-refractivity contribution < 1.29 is 18.7 Å². The molecule has 0 bridgehead atoms. The standard InChI is InChI=1S/C22H30F2N2O2/c1-16-20(9-12-25-16)10-13-26(14-11-20)19(27)22(28,17-5-3-2-4-6-17)18-7-8-21(23,24)15-18/h2-6,16,18,25,28H,7-15H2,1H3/t16?,18-,22+/m1/s1. The van der Waals surface area contributed by atoms with Crippen LogP contribution >= 0.6 is 0 Å². The van der Waals surface area contributed by atoms with E-state index in [0.717, 1.165) is 25.8 Å². The van der Waals surface area contributed by atoms with Crippen LogP contribution in [0.3, 0.4) is 0 Å². The fourth-order valence-electron chi connectivity index (χ4n) is 5.58. The van der Waals surface area contributed by atoms with E-state index in [0.29, 0.717) is 24.7 Å². The van der Waals surface area contributed by atoms with E-state index in [1.165, 1.54) is 0 Å². The van der Waals surface area contributed by atoms with Gasteiger partial charge in [0.1, 0.15) is 0 Å². The Hall–Kier alpha value is -1.53. The Morgan fingerprint density at radius 3 is 2.39 bits per heavy atom. The minimum Gasteiger partial charge on any atom is -0.375 e. The van der Waals surface area contributed by atoms with Crippen LogP contribution in [0.2, 0.25) is 0 Å². The van der Waals surface area contributed by atoms with Crippen LogP contribution in [-0.4, -0.2) is 47.5 Å². The lowest BCUT2D eigenvalue weighted by atomic mass is 9.72. The number of carbonyl (C=O) groups excluding carboxylic acids is 1. The fraction of sp³-hybridized carbons (Fsp3) is 0.682. The van der Waals surface area contributed by atoms with Gasteiger partial charge in [0.05, 0.1) is 0 Å². The lowest BCUT2D eigenvalue weighted by molar-refractivity contribution is -0.163. The molecule has 2 aliphatic heterocycles. The molecule has 1 amide bonds. The molecule has 1 aromatic rings. The highest BCUT2D eigenvalue weighted by molar-refractivity contribution is 5.87. The van der Waals surface area contributed by atoms with Gasteiger partial charge < -0.3 is 15.3 Å². The number of hydrogen-bond acceptors (Lipinski definition) is 3. The molecule has 2 N–H and O–H groups in total. The normalized spacial score (nSPS) is 31.1. The minimum atomic E-state index is -2.81. The lowest BCUT2D eigenvalue weighted by Gasteiger charge is -2.45. The largest absolute Gasteiger partial charge is 0.375 e. The summed E-state index contributed by atoms with van der Waals surface area (Å²) < 4.78 is 27.9. The molecule has 3 fully saturated rings. The Kier molecular flexibility index (Phi) is 4.99. The summed E-state index contributed by atoms with van der Waals surface area (Å²) in [5.41, 5.74) is -1.24. The second-order valence-electron chi connectivity index (χ2n) is 9.01. The van der Waals surface area contributed by atoms with Crippen LogP contribution in [-0.2, 0) is 10.4 Å². The van der Waals surface area contributed by atoms with Gasteiger partial charge in [0.25, 0.3) is 5.91 Å². The lowest BCUT2D eigenvalue weighted by Crippen LogP contribution is -2.55. The number of hydrogen-bond donors (Lipinski definition) is 2. The molecule has 3 aliphatic rings. The Bertz CT molecular complexity index is 719. The molecule has 1 saturated carbocycles. The van der Waals surface area contributed by atoms with Crippen LogP contribution in [0.15, 0.2) is 30.3 Å². The molecule has 1 spiro atoms. The zero-order valence-corrected chi connectivity index (χ0v) is 16.5. The maximum Gasteiger partial charge on any atom is 0.259 e. The van der Waals surface area contributed by atoms with Crippen LogP contribution in [0, 0.1) is 11.3 Å². The second-order valence-corrected chi connectivity index (χ2v) is 9.01. The molecule has 154 valence electrons. The average Bonchev–Trinajstić information content (AvgIpc) is 3.24. The van der Waals surface area contributed by atoms with E-state index in [1.807, 2.05) is 0 Å². The highest BCUT2D eigenvalue weighted by atomic mass is 19.3. The molecule has 1 aromatic carbocycles. The molecule has 1 unspecified atom stereocenters. The number of benzene rings is 1. The Labute approximate surface area is 165 Å². The number of amides is 1. The van der Waals surface area contributed by atoms with Crippen LogP contribution in [0.4, 0.5) is 8.78 Å². The predicted molar refractivity (Wildman–Crippen MR) is 103 cm³/mol. The number of carbonyl (C=O) groups is 1. The third-order valence-electron chi connectivity index (χ3n) is 7.57. The Balaban J connectivity index is 1.58. The zero-order valence-electron chi connectivity index (χ0n) is 16.5. The summed E-state index contributed by atoms with van der Waals surface area (Å²) in [4.78, 5) is 15.2. The summed E-state index contributed by atoms with van der Waals surface area (Å²) in [7, 11) is 0. The van der Waals surface area contributed by atoms with E-state index in [4.69, 9.17) is 0 Å². The highest BCUT2D eigenvalue weighted by Crippen LogP contribution is 2.49. The topological polar surface area (TPSA) is 52.6 Å². The predicted octanol–water partition coefficient (Wildman–Crippen LogP) is 3.30. The van der Waals surface area contributed by atoms with Gasteiger partial charge in [-0.2, -0.15) is 0 Å². The first kappa shape index (κ1) is 19.8. The fourth-order valence-corrected chi connectivity index (χ4v) is 5.58. The van der Waals surface area contributed by atoms with Crippen LogP contribution in [0.25, 0.3) is 0 Å². The maximum atomic E-state index is 13.9. The van der Waals surface area contributed by atoms with Crippen LogP contribution in [0.1, 0.15) is 51.0 Å². The summed E-state index contributed by atoms with van der Waals surface area (Å²) in [6, 6.07) is 9.09. The van der Waals surface area contributed by atoms with Gasteiger partial charge in [0.15, 0.2) is 5.60 Å². The van der Waals surface area contributed by atoms with Gasteiger partial charge in [-0.15, -0.1) is 0 Å². The molecule has 2 heterocycles. The van der Waals surface area contributed by atoms with Gasteiger partial charge >= 0.3 is 0 Å². The van der Waals surface area contributed by atoms with Gasteiger partial charge in [0.2, 0.25) is 5.92 Å². The summed E-state index contributed by atoms with van der Waals surface area (Å²) in [5.74, 6) is -3.99. The van der Waals surface area contributed by atoms with E-state index in [-0.39, 0.29) is 18.3 Å². The van der Waals surface area contributed by atoms with Crippen molar-refractivity contribution in [3.05, 3.63) is 35.9 Å². The smallest absolute Gasteiger partial charge is 0.259 e. The summed E-state index contributed by atoms with van der Waals surface area (Å²) in [5, 5.41) is 15.1. The van der Waals surface area contributed by atoms with Crippen molar-refractivity contribution in [2.45, 2.75) is 63.0 Å². The third kappa shape index (κ3) is 3.24. The van der Waals surface area contributed by atoms with E-state index in [1.54, 1.807) is 35.2 Å². The number of aliphatic hydroxyl groups is 1. The Morgan fingerprint density at radius 2 is 1.86 bits per heavy atom. The van der Waals surface area contributed by atoms with E-state index < -0.39 is 29.8 Å². The number of nitrogens with one attached hydrogen (secondary N) is 1. The molecular weight excluding hydrogens is 362 g/mol. The molecule has 0 aromatic heterocycles. The first-order chi connectivity index (χ1) is 13.3. The van der Waals surface area contributed by atoms with Crippen molar-refractivity contribution in [2.24, 2.45) is 11.3 Å². The van der Waals surface area contributed by atoms with Gasteiger partial charge in [-0.1, -0.05) is 30.3 Å². The molecule has 1 aliphatic carbocycles. The van der Waals surface area contributed by atoms with Gasteiger partial charge in [0, 0.05) is 37.9 Å².